The lowest BCUT2D eigenvalue weighted by Crippen LogP contribution is -1.79. The Kier molecular flexibility index (Phi) is 2.66. The molecule has 2 rings (SSSR count). The van der Waals surface area contributed by atoms with Crippen molar-refractivity contribution in [3.05, 3.63) is 28.1 Å². The second kappa shape index (κ2) is 3.79. The second-order valence-corrected chi connectivity index (χ2v) is 3.94. The summed E-state index contributed by atoms with van der Waals surface area (Å²) >= 11 is 11.8. The lowest BCUT2D eigenvalue weighted by molar-refractivity contribution is 0.525. The molecule has 1 heterocycles. The highest BCUT2D eigenvalue weighted by Crippen LogP contribution is 2.28. The highest BCUT2D eigenvalue weighted by Gasteiger charge is 2.09. The molecular formula is C10H9Cl2NO. The van der Waals surface area contributed by atoms with Gasteiger partial charge < -0.3 is 4.42 Å². The topological polar surface area (TPSA) is 26.0 Å². The fourth-order valence-corrected chi connectivity index (χ4v) is 1.85. The number of hydrogen-bond donors (Lipinski definition) is 0. The zero-order valence-corrected chi connectivity index (χ0v) is 9.19. The first-order chi connectivity index (χ1) is 6.70. The summed E-state index contributed by atoms with van der Waals surface area (Å²) in [5.41, 5.74) is 1.35. The minimum atomic E-state index is 0.516. The van der Waals surface area contributed by atoms with E-state index >= 15 is 0 Å². The molecule has 1 aromatic carbocycles. The Balaban J connectivity index is 2.58. The first kappa shape index (κ1) is 9.81. The number of halogens is 2. The highest BCUT2D eigenvalue weighted by molar-refractivity contribution is 6.37. The predicted octanol–water partition coefficient (Wildman–Crippen LogP) is 4.09. The Morgan fingerprint density at radius 2 is 2.14 bits per heavy atom. The van der Waals surface area contributed by atoms with Gasteiger partial charge in [-0.1, -0.05) is 30.1 Å². The van der Waals surface area contributed by atoms with E-state index in [4.69, 9.17) is 27.6 Å². The van der Waals surface area contributed by atoms with Crippen molar-refractivity contribution in [3.8, 4) is 0 Å². The molecule has 0 spiro atoms. The van der Waals surface area contributed by atoms with Crippen molar-refractivity contribution in [2.75, 3.05) is 0 Å². The van der Waals surface area contributed by atoms with Crippen molar-refractivity contribution in [2.24, 2.45) is 0 Å². The van der Waals surface area contributed by atoms with Gasteiger partial charge in [0.2, 0.25) is 0 Å². The van der Waals surface area contributed by atoms with Gasteiger partial charge in [-0.15, -0.1) is 0 Å². The van der Waals surface area contributed by atoms with Crippen molar-refractivity contribution in [2.45, 2.75) is 19.8 Å². The molecule has 0 saturated carbocycles. The third kappa shape index (κ3) is 1.72. The number of oxazole rings is 1. The van der Waals surface area contributed by atoms with Gasteiger partial charge in [-0.3, -0.25) is 0 Å². The molecule has 4 heteroatoms. The highest BCUT2D eigenvalue weighted by atomic mass is 35.5. The van der Waals surface area contributed by atoms with Gasteiger partial charge >= 0.3 is 0 Å². The van der Waals surface area contributed by atoms with Gasteiger partial charge in [0.25, 0.3) is 0 Å². The van der Waals surface area contributed by atoms with Crippen LogP contribution in [0.4, 0.5) is 0 Å². The Hall–Kier alpha value is -0.730. The Labute approximate surface area is 91.8 Å². The number of rotatable bonds is 2. The summed E-state index contributed by atoms with van der Waals surface area (Å²) in [5.74, 6) is 0.715. The molecule has 0 aliphatic carbocycles. The molecule has 0 fully saturated rings. The molecule has 1 aromatic heterocycles. The largest absolute Gasteiger partial charge is 0.439 e. The first-order valence-electron chi connectivity index (χ1n) is 4.45. The Morgan fingerprint density at radius 3 is 2.86 bits per heavy atom. The quantitative estimate of drug-likeness (QED) is 0.776. The van der Waals surface area contributed by atoms with Crippen LogP contribution >= 0.6 is 23.2 Å². The van der Waals surface area contributed by atoms with Crippen molar-refractivity contribution in [3.63, 3.8) is 0 Å². The average molecular weight is 230 g/mol. The summed E-state index contributed by atoms with van der Waals surface area (Å²) in [6.07, 6.45) is 1.82. The number of aryl methyl sites for hydroxylation is 1. The molecule has 0 saturated heterocycles. The van der Waals surface area contributed by atoms with E-state index in [9.17, 15) is 0 Å². The van der Waals surface area contributed by atoms with Crippen molar-refractivity contribution < 1.29 is 4.42 Å². The minimum Gasteiger partial charge on any atom is -0.439 e. The Morgan fingerprint density at radius 1 is 1.36 bits per heavy atom. The normalized spacial score (nSPS) is 11.1. The summed E-state index contributed by atoms with van der Waals surface area (Å²) in [5, 5.41) is 1.10. The van der Waals surface area contributed by atoms with Crippen LogP contribution in [0.2, 0.25) is 10.0 Å². The second-order valence-electron chi connectivity index (χ2n) is 3.09. The third-order valence-corrected chi connectivity index (χ3v) is 2.42. The van der Waals surface area contributed by atoms with E-state index in [0.29, 0.717) is 21.5 Å². The summed E-state index contributed by atoms with van der Waals surface area (Å²) in [7, 11) is 0. The van der Waals surface area contributed by atoms with Gasteiger partial charge in [0, 0.05) is 11.4 Å². The summed E-state index contributed by atoms with van der Waals surface area (Å²) < 4.78 is 5.49. The predicted molar refractivity (Wildman–Crippen MR) is 58.0 cm³/mol. The van der Waals surface area contributed by atoms with Crippen LogP contribution < -0.4 is 0 Å². The summed E-state index contributed by atoms with van der Waals surface area (Å²) in [6.45, 7) is 2.07. The Bertz CT molecular complexity index is 464. The van der Waals surface area contributed by atoms with E-state index in [2.05, 4.69) is 11.9 Å². The lowest BCUT2D eigenvalue weighted by Gasteiger charge is -1.91. The molecule has 0 atom stereocenters. The fourth-order valence-electron chi connectivity index (χ4n) is 1.33. The molecule has 2 aromatic rings. The smallest absolute Gasteiger partial charge is 0.195 e. The van der Waals surface area contributed by atoms with Crippen LogP contribution in [0.3, 0.4) is 0 Å². The van der Waals surface area contributed by atoms with Gasteiger partial charge in [-0.05, 0) is 18.6 Å². The maximum Gasteiger partial charge on any atom is 0.195 e. The minimum absolute atomic E-state index is 0.516. The van der Waals surface area contributed by atoms with E-state index in [0.717, 1.165) is 18.4 Å². The first-order valence-corrected chi connectivity index (χ1v) is 5.20. The molecule has 0 N–H and O–H groups in total. The van der Waals surface area contributed by atoms with E-state index in [1.165, 1.54) is 0 Å². The van der Waals surface area contributed by atoms with Gasteiger partial charge in [-0.25, -0.2) is 4.98 Å². The maximum atomic E-state index is 5.96. The van der Waals surface area contributed by atoms with Crippen molar-refractivity contribution in [1.82, 2.24) is 4.98 Å². The molecule has 14 heavy (non-hydrogen) atoms. The zero-order chi connectivity index (χ0) is 10.1. The SMILES string of the molecule is CCCc1nc2cc(Cl)cc(Cl)c2o1. The monoisotopic (exact) mass is 229 g/mol. The number of benzene rings is 1. The van der Waals surface area contributed by atoms with Crippen LogP contribution in [0.25, 0.3) is 11.1 Å². The molecule has 0 unspecified atom stereocenters. The van der Waals surface area contributed by atoms with E-state index in [1.54, 1.807) is 12.1 Å². The fraction of sp³-hybridized carbons (Fsp3) is 0.300. The molecule has 0 aliphatic heterocycles. The average Bonchev–Trinajstić information content (AvgIpc) is 2.48. The van der Waals surface area contributed by atoms with Crippen LogP contribution in [0.5, 0.6) is 0 Å². The van der Waals surface area contributed by atoms with Crippen LogP contribution in [-0.2, 0) is 6.42 Å². The van der Waals surface area contributed by atoms with Gasteiger partial charge in [-0.2, -0.15) is 0 Å². The molecule has 74 valence electrons. The standard InChI is InChI=1S/C10H9Cl2NO/c1-2-3-9-13-8-5-6(11)4-7(12)10(8)14-9/h4-5H,2-3H2,1H3. The molecule has 0 aliphatic rings. The van der Waals surface area contributed by atoms with Crippen LogP contribution in [-0.4, -0.2) is 4.98 Å². The van der Waals surface area contributed by atoms with Crippen molar-refractivity contribution >= 4 is 34.3 Å². The maximum absolute atomic E-state index is 5.96. The number of fused-ring (bicyclic) bond motifs is 1. The summed E-state index contributed by atoms with van der Waals surface area (Å²) in [4.78, 5) is 4.29. The van der Waals surface area contributed by atoms with Crippen LogP contribution in [0.15, 0.2) is 16.5 Å². The van der Waals surface area contributed by atoms with Gasteiger partial charge in [0.05, 0.1) is 5.02 Å². The number of aromatic nitrogens is 1. The van der Waals surface area contributed by atoms with Gasteiger partial charge in [0.15, 0.2) is 11.5 Å². The lowest BCUT2D eigenvalue weighted by atomic mass is 10.3. The molecular weight excluding hydrogens is 221 g/mol. The molecule has 0 amide bonds. The zero-order valence-electron chi connectivity index (χ0n) is 7.68. The van der Waals surface area contributed by atoms with Crippen molar-refractivity contribution in [1.29, 1.82) is 0 Å². The molecule has 0 radical (unpaired) electrons. The summed E-state index contributed by atoms with van der Waals surface area (Å²) in [6, 6.07) is 3.41. The molecule has 0 bridgehead atoms. The molecule has 2 nitrogen and oxygen atoms in total. The van der Waals surface area contributed by atoms with E-state index in [-0.39, 0.29) is 0 Å². The number of nitrogens with zero attached hydrogens (tertiary/aromatic N) is 1. The van der Waals surface area contributed by atoms with E-state index < -0.39 is 0 Å². The number of hydrogen-bond acceptors (Lipinski definition) is 2. The van der Waals surface area contributed by atoms with Gasteiger partial charge in [0.1, 0.15) is 5.52 Å². The van der Waals surface area contributed by atoms with Crippen LogP contribution in [0.1, 0.15) is 19.2 Å². The van der Waals surface area contributed by atoms with Crippen LogP contribution in [0, 0.1) is 0 Å². The van der Waals surface area contributed by atoms with E-state index in [1.807, 2.05) is 0 Å². The third-order valence-electron chi connectivity index (χ3n) is 1.92.